The monoisotopic (exact) mass is 578 g/mol. The van der Waals surface area contributed by atoms with Gasteiger partial charge in [0.25, 0.3) is 0 Å². The highest BCUT2D eigenvalue weighted by atomic mass is 16.7. The minimum atomic E-state index is -1.72. The Morgan fingerprint density at radius 3 is 2.20 bits per heavy atom. The molecule has 3 heterocycles. The number of hydrogen-bond donors (Lipinski definition) is 8. The Morgan fingerprint density at radius 1 is 0.756 bits per heavy atom. The summed E-state index contributed by atoms with van der Waals surface area (Å²) in [6.07, 6.45) is -14.6. The van der Waals surface area contributed by atoms with Crippen LogP contribution in [0, 0.1) is 0 Å². The summed E-state index contributed by atoms with van der Waals surface area (Å²) in [4.78, 5) is 12.7. The first-order valence-electron chi connectivity index (χ1n) is 12.7. The van der Waals surface area contributed by atoms with E-state index in [9.17, 15) is 45.6 Å². The average Bonchev–Trinajstić information content (AvgIpc) is 2.95. The van der Waals surface area contributed by atoms with Gasteiger partial charge in [-0.05, 0) is 37.3 Å². The molecule has 2 aliphatic heterocycles. The van der Waals surface area contributed by atoms with Crippen molar-refractivity contribution in [1.29, 1.82) is 0 Å². The molecule has 41 heavy (non-hydrogen) atoms. The number of fused-ring (bicyclic) bond motifs is 1. The minimum absolute atomic E-state index is 0.0654. The highest BCUT2D eigenvalue weighted by molar-refractivity contribution is 5.80. The average molecular weight is 579 g/mol. The summed E-state index contributed by atoms with van der Waals surface area (Å²) >= 11 is 0. The number of phenols is 2. The molecule has 0 amide bonds. The van der Waals surface area contributed by atoms with E-state index >= 15 is 0 Å². The Morgan fingerprint density at radius 2 is 1.46 bits per heavy atom. The Labute approximate surface area is 231 Å². The van der Waals surface area contributed by atoms with E-state index in [1.165, 1.54) is 49.4 Å². The van der Waals surface area contributed by atoms with Gasteiger partial charge in [-0.15, -0.1) is 0 Å². The Balaban J connectivity index is 1.33. The molecule has 10 atom stereocenters. The zero-order valence-electron chi connectivity index (χ0n) is 21.5. The van der Waals surface area contributed by atoms with E-state index in [-0.39, 0.29) is 28.2 Å². The summed E-state index contributed by atoms with van der Waals surface area (Å²) < 4.78 is 28.0. The van der Waals surface area contributed by atoms with Gasteiger partial charge in [-0.3, -0.25) is 4.79 Å². The van der Waals surface area contributed by atoms with Crippen molar-refractivity contribution < 1.29 is 64.2 Å². The van der Waals surface area contributed by atoms with Crippen molar-refractivity contribution in [2.45, 2.75) is 68.3 Å². The van der Waals surface area contributed by atoms with E-state index in [4.69, 9.17) is 23.4 Å². The summed E-state index contributed by atoms with van der Waals surface area (Å²) in [6.45, 7) is 1.01. The van der Waals surface area contributed by atoms with E-state index in [0.29, 0.717) is 5.56 Å². The molecule has 222 valence electrons. The van der Waals surface area contributed by atoms with Crippen LogP contribution in [0.15, 0.2) is 51.7 Å². The number of hydrogen-bond acceptors (Lipinski definition) is 14. The first-order chi connectivity index (χ1) is 19.4. The second-order valence-electron chi connectivity index (χ2n) is 9.98. The highest BCUT2D eigenvalue weighted by Crippen LogP contribution is 2.32. The van der Waals surface area contributed by atoms with Crippen LogP contribution in [0.3, 0.4) is 0 Å². The van der Waals surface area contributed by atoms with Gasteiger partial charge in [0.05, 0.1) is 18.1 Å². The van der Waals surface area contributed by atoms with Gasteiger partial charge >= 0.3 is 0 Å². The zero-order chi connectivity index (χ0) is 29.6. The molecule has 2 saturated heterocycles. The van der Waals surface area contributed by atoms with Gasteiger partial charge in [-0.2, -0.15) is 0 Å². The van der Waals surface area contributed by atoms with Crippen molar-refractivity contribution in [3.63, 3.8) is 0 Å². The fourth-order valence-electron chi connectivity index (χ4n) is 4.65. The zero-order valence-corrected chi connectivity index (χ0v) is 21.5. The molecule has 2 fully saturated rings. The van der Waals surface area contributed by atoms with Crippen molar-refractivity contribution >= 4 is 11.0 Å². The van der Waals surface area contributed by atoms with Gasteiger partial charge in [-0.25, -0.2) is 0 Å². The molecule has 0 spiro atoms. The third-order valence-electron chi connectivity index (χ3n) is 7.11. The molecule has 0 aliphatic carbocycles. The first-order valence-corrected chi connectivity index (χ1v) is 12.7. The van der Waals surface area contributed by atoms with Crippen LogP contribution in [-0.4, -0.2) is 109 Å². The van der Waals surface area contributed by atoms with Crippen molar-refractivity contribution in [1.82, 2.24) is 0 Å². The van der Waals surface area contributed by atoms with Crippen LogP contribution in [0.2, 0.25) is 0 Å². The predicted molar refractivity (Wildman–Crippen MR) is 137 cm³/mol. The number of rotatable bonds is 6. The van der Waals surface area contributed by atoms with Gasteiger partial charge < -0.3 is 64.2 Å². The van der Waals surface area contributed by atoms with E-state index in [2.05, 4.69) is 0 Å². The molecule has 4 unspecified atom stereocenters. The molecular weight excluding hydrogens is 548 g/mol. The topological polar surface area (TPSA) is 229 Å². The highest BCUT2D eigenvalue weighted by Gasteiger charge is 2.47. The standard InChI is InChI=1S/C27H30O14/c1-10-20(31)22(33)24(35)26(38-10)37-9-19-21(32)23(34)25(36)27(41-19)39-12-3-4-13-15(29)8-17(40-18(13)7-12)11-2-5-14(28)16(30)6-11/h2-8,10,19-28,30-36H,9H2,1H3/t10?,19?,20-,21+,22-,23-,24?,25?,26+,27+/m0/s1. The number of benzene rings is 2. The predicted octanol–water partition coefficient (Wildman–Crippen LogP) is -1.10. The summed E-state index contributed by atoms with van der Waals surface area (Å²) in [6, 6.07) is 9.30. The molecule has 8 N–H and O–H groups in total. The van der Waals surface area contributed by atoms with Gasteiger partial charge in [-0.1, -0.05) is 0 Å². The summed E-state index contributed by atoms with van der Waals surface area (Å²) in [5.74, 6) is -0.588. The number of aliphatic hydroxyl groups is 6. The maximum Gasteiger partial charge on any atom is 0.229 e. The van der Waals surface area contributed by atoms with Crippen LogP contribution in [0.4, 0.5) is 0 Å². The lowest BCUT2D eigenvalue weighted by Gasteiger charge is -2.42. The molecule has 14 heteroatoms. The molecule has 14 nitrogen and oxygen atoms in total. The molecule has 0 radical (unpaired) electrons. The smallest absolute Gasteiger partial charge is 0.229 e. The lowest BCUT2D eigenvalue weighted by molar-refractivity contribution is -0.318. The van der Waals surface area contributed by atoms with Gasteiger partial charge in [0.15, 0.2) is 23.2 Å². The third-order valence-corrected chi connectivity index (χ3v) is 7.11. The number of aromatic hydroxyl groups is 2. The second kappa shape index (κ2) is 11.5. The number of ether oxygens (including phenoxy) is 4. The van der Waals surface area contributed by atoms with E-state index in [1.54, 1.807) is 0 Å². The molecule has 2 aliphatic rings. The van der Waals surface area contributed by atoms with Gasteiger partial charge in [0, 0.05) is 17.7 Å². The largest absolute Gasteiger partial charge is 0.504 e. The summed E-state index contributed by atoms with van der Waals surface area (Å²) in [5, 5.41) is 80.9. The third kappa shape index (κ3) is 5.74. The molecule has 5 rings (SSSR count). The normalized spacial score (nSPS) is 34.0. The molecular formula is C27H30O14. The minimum Gasteiger partial charge on any atom is -0.504 e. The molecule has 0 bridgehead atoms. The van der Waals surface area contributed by atoms with Gasteiger partial charge in [0.2, 0.25) is 6.29 Å². The molecule has 0 saturated carbocycles. The Bertz CT molecular complexity index is 1440. The molecule has 2 aromatic carbocycles. The van der Waals surface area contributed by atoms with Crippen LogP contribution in [0.1, 0.15) is 6.92 Å². The van der Waals surface area contributed by atoms with Crippen LogP contribution in [-0.2, 0) is 14.2 Å². The lowest BCUT2D eigenvalue weighted by Crippen LogP contribution is -2.61. The SMILES string of the molecule is CC1O[C@@H](OCC2O[C@@H](Oc3ccc4c(=O)cc(-c5ccc(O)c(O)c5)oc4c3)C(O)[C@@H](O)[C@@H]2O)C(O)[C@@H](O)[C@H]1O. The van der Waals surface area contributed by atoms with Gasteiger partial charge in [0.1, 0.15) is 59.8 Å². The lowest BCUT2D eigenvalue weighted by atomic mass is 9.98. The quantitative estimate of drug-likeness (QED) is 0.162. The molecule has 3 aromatic rings. The van der Waals surface area contributed by atoms with E-state index in [1.807, 2.05) is 0 Å². The second-order valence-corrected chi connectivity index (χ2v) is 9.98. The van der Waals surface area contributed by atoms with E-state index < -0.39 is 79.2 Å². The van der Waals surface area contributed by atoms with Crippen molar-refractivity contribution in [2.24, 2.45) is 0 Å². The number of phenolic OH excluding ortho intramolecular Hbond substituents is 2. The van der Waals surface area contributed by atoms with Crippen LogP contribution in [0.25, 0.3) is 22.3 Å². The Hall–Kier alpha value is -3.31. The van der Waals surface area contributed by atoms with Crippen molar-refractivity contribution in [3.8, 4) is 28.6 Å². The van der Waals surface area contributed by atoms with E-state index in [0.717, 1.165) is 0 Å². The molecule has 1 aromatic heterocycles. The fourth-order valence-corrected chi connectivity index (χ4v) is 4.65. The maximum absolute atomic E-state index is 12.7. The van der Waals surface area contributed by atoms with Crippen LogP contribution < -0.4 is 10.2 Å². The first kappa shape index (κ1) is 29.2. The Kier molecular flexibility index (Phi) is 8.20. The van der Waals surface area contributed by atoms with Crippen LogP contribution >= 0.6 is 0 Å². The van der Waals surface area contributed by atoms with Crippen molar-refractivity contribution in [2.75, 3.05) is 6.61 Å². The van der Waals surface area contributed by atoms with Crippen molar-refractivity contribution in [3.05, 3.63) is 52.7 Å². The number of aliphatic hydroxyl groups excluding tert-OH is 6. The van der Waals surface area contributed by atoms with Crippen LogP contribution in [0.5, 0.6) is 17.2 Å². The fraction of sp³-hybridized carbons (Fsp3) is 0.444. The summed E-state index contributed by atoms with van der Waals surface area (Å²) in [5.41, 5.74) is 0.00544. The summed E-state index contributed by atoms with van der Waals surface area (Å²) in [7, 11) is 0. The maximum atomic E-state index is 12.7.